The highest BCUT2D eigenvalue weighted by atomic mass is 127. The van der Waals surface area contributed by atoms with Gasteiger partial charge in [-0.05, 0) is 97.0 Å². The first-order valence-electron chi connectivity index (χ1n) is 13.9. The summed E-state index contributed by atoms with van der Waals surface area (Å²) in [6, 6.07) is 18.4. The maximum absolute atomic E-state index is 14.2. The minimum absolute atomic E-state index is 0.202. The molecule has 0 spiro atoms. The van der Waals surface area contributed by atoms with Crippen LogP contribution in [0.25, 0.3) is 6.08 Å². The number of carbonyl (C=O) groups excluding carboxylic acids is 1. The van der Waals surface area contributed by atoms with Crippen LogP contribution in [0, 0.1) is 3.57 Å². The lowest BCUT2D eigenvalue weighted by molar-refractivity contribution is -0.139. The van der Waals surface area contributed by atoms with Crippen LogP contribution in [0.2, 0.25) is 0 Å². The van der Waals surface area contributed by atoms with Crippen LogP contribution >= 0.6 is 49.9 Å². The highest BCUT2D eigenvalue weighted by Gasteiger charge is 2.33. The summed E-state index contributed by atoms with van der Waals surface area (Å²) in [5.41, 5.74) is 2.96. The number of esters is 1. The van der Waals surface area contributed by atoms with Crippen LogP contribution in [0.15, 0.2) is 86.2 Å². The maximum Gasteiger partial charge on any atom is 0.338 e. The van der Waals surface area contributed by atoms with Crippen molar-refractivity contribution in [2.24, 2.45) is 4.99 Å². The summed E-state index contributed by atoms with van der Waals surface area (Å²) >= 11 is 6.93. The van der Waals surface area contributed by atoms with E-state index in [0.717, 1.165) is 19.2 Å². The molecule has 4 aromatic rings. The van der Waals surface area contributed by atoms with Gasteiger partial charge in [-0.1, -0.05) is 51.5 Å². The molecule has 0 bridgehead atoms. The van der Waals surface area contributed by atoms with Crippen LogP contribution in [-0.2, 0) is 16.1 Å². The summed E-state index contributed by atoms with van der Waals surface area (Å²) in [6.45, 7) is 6.47. The van der Waals surface area contributed by atoms with Gasteiger partial charge in [0, 0.05) is 13.6 Å². The molecule has 44 heavy (non-hydrogen) atoms. The Morgan fingerprint density at radius 3 is 2.45 bits per heavy atom. The van der Waals surface area contributed by atoms with E-state index in [1.807, 2.05) is 67.6 Å². The average Bonchev–Trinajstić information content (AvgIpc) is 3.31. The number of fused-ring (bicyclic) bond motifs is 1. The molecule has 0 amide bonds. The van der Waals surface area contributed by atoms with Gasteiger partial charge in [0.2, 0.25) is 0 Å². The molecule has 8 nitrogen and oxygen atoms in total. The molecule has 5 rings (SSSR count). The molecule has 228 valence electrons. The number of benzene rings is 3. The van der Waals surface area contributed by atoms with E-state index in [4.69, 9.17) is 18.9 Å². The largest absolute Gasteiger partial charge is 0.494 e. The van der Waals surface area contributed by atoms with Crippen molar-refractivity contribution >= 4 is 61.9 Å². The van der Waals surface area contributed by atoms with Crippen molar-refractivity contribution in [2.45, 2.75) is 33.4 Å². The summed E-state index contributed by atoms with van der Waals surface area (Å²) in [5, 5.41) is 0. The van der Waals surface area contributed by atoms with Crippen LogP contribution in [0.4, 0.5) is 0 Å². The molecule has 1 aliphatic rings. The molecule has 3 aromatic carbocycles. The number of hydrogen-bond donors (Lipinski definition) is 0. The number of rotatable bonds is 10. The molecule has 1 aliphatic heterocycles. The van der Waals surface area contributed by atoms with Gasteiger partial charge in [0.15, 0.2) is 16.3 Å². The van der Waals surface area contributed by atoms with Crippen molar-refractivity contribution < 1.29 is 23.7 Å². The monoisotopic (exact) mass is 788 g/mol. The maximum atomic E-state index is 14.2. The summed E-state index contributed by atoms with van der Waals surface area (Å²) in [7, 11) is 1.59. The van der Waals surface area contributed by atoms with Gasteiger partial charge < -0.3 is 18.9 Å². The quantitative estimate of drug-likeness (QED) is 0.142. The fourth-order valence-electron chi connectivity index (χ4n) is 4.90. The van der Waals surface area contributed by atoms with E-state index in [0.29, 0.717) is 56.6 Å². The normalized spacial score (nSPS) is 14.6. The van der Waals surface area contributed by atoms with Crippen molar-refractivity contribution in [2.75, 3.05) is 20.3 Å². The highest BCUT2D eigenvalue weighted by molar-refractivity contribution is 14.1. The summed E-state index contributed by atoms with van der Waals surface area (Å²) in [4.78, 5) is 32.6. The summed E-state index contributed by atoms with van der Waals surface area (Å²) in [5.74, 6) is 1.27. The van der Waals surface area contributed by atoms with Crippen molar-refractivity contribution in [3.05, 3.63) is 116 Å². The lowest BCUT2D eigenvalue weighted by Crippen LogP contribution is -2.39. The van der Waals surface area contributed by atoms with E-state index in [2.05, 4.69) is 43.5 Å². The van der Waals surface area contributed by atoms with E-state index < -0.39 is 12.0 Å². The van der Waals surface area contributed by atoms with Crippen molar-refractivity contribution in [1.82, 2.24) is 4.57 Å². The smallest absolute Gasteiger partial charge is 0.338 e. The standard InChI is InChI=1S/C33H30BrIN2O6S/c1-5-41-25-13-9-21(10-14-25)29-28(32(39)42-6-2)19(3)36-33-37(29)31(38)27(44-33)16-22-15-24(35)17-26(40-4)30(22)43-18-20-7-11-23(34)12-8-20/h7-17,29H,5-6,18H2,1-4H3/b27-16-/t29-/m1/s1. The second-order valence-electron chi connectivity index (χ2n) is 9.75. The number of halogens is 2. The molecular weight excluding hydrogens is 759 g/mol. The van der Waals surface area contributed by atoms with Crippen LogP contribution in [-0.4, -0.2) is 30.9 Å². The van der Waals surface area contributed by atoms with E-state index in [9.17, 15) is 9.59 Å². The molecule has 0 fully saturated rings. The minimum Gasteiger partial charge on any atom is -0.494 e. The molecule has 0 N–H and O–H groups in total. The van der Waals surface area contributed by atoms with Gasteiger partial charge in [-0.15, -0.1) is 0 Å². The number of aromatic nitrogens is 1. The fraction of sp³-hybridized carbons (Fsp3) is 0.242. The molecule has 1 aromatic heterocycles. The van der Waals surface area contributed by atoms with Gasteiger partial charge in [-0.25, -0.2) is 9.79 Å². The zero-order valence-electron chi connectivity index (χ0n) is 24.6. The van der Waals surface area contributed by atoms with Gasteiger partial charge in [0.05, 0.1) is 42.2 Å². The lowest BCUT2D eigenvalue weighted by atomic mass is 9.96. The summed E-state index contributed by atoms with van der Waals surface area (Å²) in [6.07, 6.45) is 1.80. The summed E-state index contributed by atoms with van der Waals surface area (Å²) < 4.78 is 26.9. The Bertz CT molecular complexity index is 1900. The van der Waals surface area contributed by atoms with E-state index in [1.165, 1.54) is 11.3 Å². The number of nitrogens with zero attached hydrogens (tertiary/aromatic N) is 2. The van der Waals surface area contributed by atoms with Crippen LogP contribution in [0.3, 0.4) is 0 Å². The Labute approximate surface area is 280 Å². The van der Waals surface area contributed by atoms with Crippen molar-refractivity contribution in [1.29, 1.82) is 0 Å². The zero-order chi connectivity index (χ0) is 31.4. The van der Waals surface area contributed by atoms with Crippen LogP contribution in [0.1, 0.15) is 43.5 Å². The van der Waals surface area contributed by atoms with Gasteiger partial charge >= 0.3 is 5.97 Å². The second-order valence-corrected chi connectivity index (χ2v) is 12.9. The molecule has 0 saturated heterocycles. The van der Waals surface area contributed by atoms with Gasteiger partial charge in [-0.2, -0.15) is 0 Å². The SMILES string of the molecule is CCOC(=O)C1=C(C)N=c2s/c(=C\c3cc(I)cc(OC)c3OCc3ccc(Br)cc3)c(=O)n2[C@@H]1c1ccc(OCC)cc1. The number of methoxy groups -OCH3 is 1. The van der Waals surface area contributed by atoms with Crippen molar-refractivity contribution in [3.8, 4) is 17.2 Å². The Kier molecular flexibility index (Phi) is 10.3. The second kappa shape index (κ2) is 14.1. The Morgan fingerprint density at radius 2 is 1.80 bits per heavy atom. The Morgan fingerprint density at radius 1 is 1.07 bits per heavy atom. The number of allylic oxidation sites excluding steroid dienone is 1. The van der Waals surface area contributed by atoms with E-state index in [-0.39, 0.29) is 12.2 Å². The van der Waals surface area contributed by atoms with Crippen molar-refractivity contribution in [3.63, 3.8) is 0 Å². The predicted molar refractivity (Wildman–Crippen MR) is 182 cm³/mol. The van der Waals surface area contributed by atoms with Crippen LogP contribution in [0.5, 0.6) is 17.2 Å². The third-order valence-electron chi connectivity index (χ3n) is 6.88. The molecule has 0 saturated carbocycles. The lowest BCUT2D eigenvalue weighted by Gasteiger charge is -2.24. The number of carbonyl (C=O) groups is 1. The molecular formula is C33H30BrIN2O6S. The van der Waals surface area contributed by atoms with Gasteiger partial charge in [0.25, 0.3) is 5.56 Å². The van der Waals surface area contributed by atoms with Gasteiger partial charge in [-0.3, -0.25) is 9.36 Å². The van der Waals surface area contributed by atoms with E-state index in [1.54, 1.807) is 31.6 Å². The fourth-order valence-corrected chi connectivity index (χ4v) is 6.82. The zero-order valence-corrected chi connectivity index (χ0v) is 29.1. The molecule has 0 unspecified atom stereocenters. The number of thiazole rings is 1. The molecule has 1 atom stereocenters. The van der Waals surface area contributed by atoms with Crippen LogP contribution < -0.4 is 29.1 Å². The number of hydrogen-bond acceptors (Lipinski definition) is 8. The Balaban J connectivity index is 1.64. The molecule has 0 aliphatic carbocycles. The minimum atomic E-state index is -0.721. The molecule has 11 heteroatoms. The topological polar surface area (TPSA) is 88.4 Å². The first kappa shape index (κ1) is 32.0. The predicted octanol–water partition coefficient (Wildman–Crippen LogP) is 6.15. The third-order valence-corrected chi connectivity index (χ3v) is 9.01. The average molecular weight is 789 g/mol. The number of ether oxygens (including phenoxy) is 4. The highest BCUT2D eigenvalue weighted by Crippen LogP contribution is 2.35. The first-order valence-corrected chi connectivity index (χ1v) is 16.6. The molecule has 0 radical (unpaired) electrons. The van der Waals surface area contributed by atoms with E-state index >= 15 is 0 Å². The third kappa shape index (κ3) is 6.79. The van der Waals surface area contributed by atoms with Gasteiger partial charge in [0.1, 0.15) is 12.4 Å². The first-order chi connectivity index (χ1) is 21.2. The molecule has 2 heterocycles. The Hall–Kier alpha value is -3.42.